The number of Topliss-reactive ketones (excluding diaryl/α,β-unsaturated/α-hetero) is 1. The summed E-state index contributed by atoms with van der Waals surface area (Å²) >= 11 is 0. The molecule has 0 bridgehead atoms. The smallest absolute Gasteiger partial charge is 0.413 e. The number of aliphatic hydroxyl groups excluding tert-OH is 1. The summed E-state index contributed by atoms with van der Waals surface area (Å²) in [5.41, 5.74) is -6.76. The van der Waals surface area contributed by atoms with Gasteiger partial charge in [0, 0.05) is 74.9 Å². The van der Waals surface area contributed by atoms with Gasteiger partial charge in [0.25, 0.3) is 0 Å². The van der Waals surface area contributed by atoms with Crippen molar-refractivity contribution >= 4 is 46.2 Å². The molecule has 8 rings (SSSR count). The molecule has 2 unspecified atom stereocenters. The van der Waals surface area contributed by atoms with Gasteiger partial charge in [-0.25, -0.2) is 18.4 Å². The molecule has 62 heavy (non-hydrogen) atoms. The predicted octanol–water partition coefficient (Wildman–Crippen LogP) is 5.09. The molecule has 1 aromatic heterocycles. The minimum atomic E-state index is -2.07. The second kappa shape index (κ2) is 15.4. The van der Waals surface area contributed by atoms with Gasteiger partial charge in [-0.1, -0.05) is 19.4 Å². The third kappa shape index (κ3) is 6.62. The third-order valence-corrected chi connectivity index (χ3v) is 15.3. The van der Waals surface area contributed by atoms with E-state index in [1.54, 1.807) is 30.2 Å². The average molecular weight is 868 g/mol. The Morgan fingerprint density at radius 2 is 1.74 bits per heavy atom. The zero-order chi connectivity index (χ0) is 44.8. The highest BCUT2D eigenvalue weighted by Gasteiger charge is 2.74. The first kappa shape index (κ1) is 43.7. The monoisotopic (exact) mass is 867 g/mol. The summed E-state index contributed by atoms with van der Waals surface area (Å²) in [5, 5.41) is 23.7. The highest BCUT2D eigenvalue weighted by atomic mass is 19.1. The number of esters is 2. The molecule has 1 aromatic carbocycles. The van der Waals surface area contributed by atoms with E-state index in [-0.39, 0.29) is 79.5 Å². The van der Waals surface area contributed by atoms with Crippen molar-refractivity contribution in [2.45, 2.75) is 128 Å². The van der Waals surface area contributed by atoms with Gasteiger partial charge in [0.15, 0.2) is 24.0 Å². The summed E-state index contributed by atoms with van der Waals surface area (Å²) < 4.78 is 57.0. The van der Waals surface area contributed by atoms with Crippen molar-refractivity contribution in [2.75, 3.05) is 38.3 Å². The van der Waals surface area contributed by atoms with Crippen molar-refractivity contribution in [3.63, 3.8) is 0 Å². The minimum absolute atomic E-state index is 0.0409. The van der Waals surface area contributed by atoms with Crippen LogP contribution in [0.1, 0.15) is 109 Å². The lowest BCUT2D eigenvalue weighted by molar-refractivity contribution is -0.226. The molecule has 9 atom stereocenters. The first-order valence-corrected chi connectivity index (χ1v) is 21.6. The summed E-state index contributed by atoms with van der Waals surface area (Å²) in [6.07, 6.45) is 2.18. The average Bonchev–Trinajstić information content (AvgIpc) is 4.02. The van der Waals surface area contributed by atoms with E-state index >= 15 is 8.78 Å². The number of rotatable bonds is 9. The molecule has 4 saturated carbocycles. The quantitative estimate of drug-likeness (QED) is 0.251. The van der Waals surface area contributed by atoms with E-state index in [9.17, 15) is 39.0 Å². The lowest BCUT2D eigenvalue weighted by Crippen LogP contribution is -2.69. The van der Waals surface area contributed by atoms with Crippen molar-refractivity contribution in [1.29, 1.82) is 0 Å². The molecule has 1 saturated heterocycles. The van der Waals surface area contributed by atoms with Gasteiger partial charge >= 0.3 is 18.0 Å². The Balaban J connectivity index is 1.02. The molecule has 17 heteroatoms. The van der Waals surface area contributed by atoms with E-state index in [0.717, 1.165) is 6.07 Å². The number of alkyl halides is 1. The van der Waals surface area contributed by atoms with Gasteiger partial charge < -0.3 is 43.5 Å². The summed E-state index contributed by atoms with van der Waals surface area (Å²) in [4.78, 5) is 81.5. The SMILES string of the molecule is COc1c(N2CCN(C(=O)OC(C)OC(C)=O)C(C)C2)c(F)cc2c(=O)c(C(=O)OCC(=O)[C@@]3(O)CC[C@H]4[C@@H]5CCC6=CC(=O)CC[C@]6(C)[C@@]5(F)[C@@H](O)C[C@@]43C)cn(C3CC3)c12. The predicted molar refractivity (Wildman–Crippen MR) is 218 cm³/mol. The molecule has 2 heterocycles. The number of aliphatic hydroxyl groups is 2. The standard InChI is InChI=1S/C45H55F2N3O12/c1-23-20-48(15-16-49(23)41(57)62-25(3)61-24(2)51)37-33(46)18-29-36(39(37)59-6)50(27-8-9-27)21-30(38(29)55)40(56)60-22-35(54)44(58)14-12-31-32-10-7-26-17-28(52)11-13-42(26,4)45(32,47)34(53)19-43(31,44)5/h17-18,21,23,25,27,31-32,34,53,58H,7-16,19-20,22H2,1-6H3/t23?,25?,31-,32-,34-,42-,43-,44-,45-/m0/s1. The van der Waals surface area contributed by atoms with Gasteiger partial charge in [0.1, 0.15) is 22.5 Å². The number of carbonyl (C=O) groups excluding carboxylic acids is 5. The van der Waals surface area contributed by atoms with Crippen molar-refractivity contribution < 1.29 is 61.9 Å². The van der Waals surface area contributed by atoms with E-state index in [0.29, 0.717) is 37.7 Å². The molecule has 1 amide bonds. The molecule has 2 aromatic rings. The fourth-order valence-electron chi connectivity index (χ4n) is 12.0. The second-order valence-corrected chi connectivity index (χ2v) is 18.7. The van der Waals surface area contributed by atoms with Gasteiger partial charge in [-0.2, -0.15) is 0 Å². The van der Waals surface area contributed by atoms with Crippen molar-refractivity contribution in [3.05, 3.63) is 45.5 Å². The van der Waals surface area contributed by atoms with Crippen LogP contribution in [0.15, 0.2) is 28.7 Å². The van der Waals surface area contributed by atoms with E-state index in [4.69, 9.17) is 18.9 Å². The number of nitrogens with zero attached hydrogens (tertiary/aromatic N) is 3. The maximum Gasteiger partial charge on any atom is 0.413 e. The summed E-state index contributed by atoms with van der Waals surface area (Å²) in [6, 6.07) is 0.398. The Morgan fingerprint density at radius 3 is 2.40 bits per heavy atom. The largest absolute Gasteiger partial charge is 0.492 e. The number of pyridine rings is 1. The Morgan fingerprint density at radius 1 is 1.02 bits per heavy atom. The summed E-state index contributed by atoms with van der Waals surface area (Å²) in [5.74, 6) is -4.57. The van der Waals surface area contributed by atoms with Gasteiger partial charge in [-0.05, 0) is 76.4 Å². The van der Waals surface area contributed by atoms with Crippen molar-refractivity contribution in [3.8, 4) is 5.75 Å². The van der Waals surface area contributed by atoms with Crippen LogP contribution < -0.4 is 15.1 Å². The Kier molecular flexibility index (Phi) is 10.9. The number of piperazine rings is 1. The van der Waals surface area contributed by atoms with E-state index < -0.39 is 99.6 Å². The van der Waals surface area contributed by atoms with Crippen LogP contribution in [0.3, 0.4) is 0 Å². The van der Waals surface area contributed by atoms with E-state index in [1.165, 1.54) is 38.1 Å². The van der Waals surface area contributed by atoms with Crippen molar-refractivity contribution in [1.82, 2.24) is 9.47 Å². The minimum Gasteiger partial charge on any atom is -0.492 e. The molecule has 5 fully saturated rings. The number of ether oxygens (including phenoxy) is 4. The van der Waals surface area contributed by atoms with Gasteiger partial charge in [-0.15, -0.1) is 0 Å². The van der Waals surface area contributed by atoms with Crippen LogP contribution in [0.2, 0.25) is 0 Å². The number of carbonyl (C=O) groups is 5. The fourth-order valence-corrected chi connectivity index (χ4v) is 12.0. The third-order valence-electron chi connectivity index (χ3n) is 15.3. The molecule has 5 aliphatic carbocycles. The number of halogens is 2. The van der Waals surface area contributed by atoms with Crippen molar-refractivity contribution in [2.24, 2.45) is 22.7 Å². The highest BCUT2D eigenvalue weighted by Crippen LogP contribution is 2.70. The van der Waals surface area contributed by atoms with Crippen LogP contribution in [0, 0.1) is 28.5 Å². The molecule has 1 aliphatic heterocycles. The van der Waals surface area contributed by atoms with Crippen LogP contribution in [-0.2, 0) is 28.6 Å². The molecule has 0 spiro atoms. The molecule has 336 valence electrons. The molecule has 2 N–H and O–H groups in total. The molecule has 0 radical (unpaired) electrons. The van der Waals surface area contributed by atoms with Crippen LogP contribution in [0.5, 0.6) is 5.75 Å². The normalized spacial score (nSPS) is 33.5. The van der Waals surface area contributed by atoms with Crippen LogP contribution in [0.25, 0.3) is 10.9 Å². The number of ketones is 2. The van der Waals surface area contributed by atoms with Gasteiger partial charge in [0.2, 0.25) is 17.5 Å². The Bertz CT molecular complexity index is 2350. The van der Waals surface area contributed by atoms with Crippen LogP contribution >= 0.6 is 0 Å². The Hall–Kier alpha value is -4.90. The number of allylic oxidation sites excluding steroid dienone is 1. The fraction of sp³-hybridized carbons (Fsp3) is 0.644. The second-order valence-electron chi connectivity index (χ2n) is 18.7. The molecule has 15 nitrogen and oxygen atoms in total. The number of benzene rings is 1. The number of anilines is 1. The lowest BCUT2D eigenvalue weighted by Gasteiger charge is -2.63. The maximum atomic E-state index is 17.6. The topological polar surface area (TPSA) is 191 Å². The number of amides is 1. The Labute approximate surface area is 357 Å². The molecular formula is C45H55F2N3O12. The number of methoxy groups -OCH3 is 1. The van der Waals surface area contributed by atoms with E-state index in [1.807, 2.05) is 0 Å². The highest BCUT2D eigenvalue weighted by molar-refractivity contribution is 5.99. The summed E-state index contributed by atoms with van der Waals surface area (Å²) in [6.45, 7) is 7.36. The number of hydrogen-bond acceptors (Lipinski definition) is 13. The van der Waals surface area contributed by atoms with E-state index in [2.05, 4.69) is 0 Å². The number of fused-ring (bicyclic) bond motifs is 6. The molecular weight excluding hydrogens is 812 g/mol. The van der Waals surface area contributed by atoms with Crippen LogP contribution in [-0.4, -0.2) is 112 Å². The number of aromatic nitrogens is 1. The van der Waals surface area contributed by atoms with Gasteiger partial charge in [0.05, 0.1) is 24.1 Å². The lowest BCUT2D eigenvalue weighted by atomic mass is 9.44. The number of hydrogen-bond donors (Lipinski definition) is 2. The first-order chi connectivity index (χ1) is 29.2. The zero-order valence-electron chi connectivity index (χ0n) is 36.0. The zero-order valence-corrected chi connectivity index (χ0v) is 36.0. The van der Waals surface area contributed by atoms with Gasteiger partial charge in [-0.3, -0.25) is 19.2 Å². The first-order valence-electron chi connectivity index (χ1n) is 21.6. The van der Waals surface area contributed by atoms with Crippen LogP contribution in [0.4, 0.5) is 19.3 Å². The maximum absolute atomic E-state index is 17.6. The molecule has 6 aliphatic rings. The summed E-state index contributed by atoms with van der Waals surface area (Å²) in [7, 11) is 1.35.